The van der Waals surface area contributed by atoms with Crippen LogP contribution in [0.15, 0.2) is 59.5 Å². The third kappa shape index (κ3) is 5.83. The molecule has 9 nitrogen and oxygen atoms in total. The minimum Gasteiger partial charge on any atom is -0.493 e. The molecule has 3 amide bonds. The summed E-state index contributed by atoms with van der Waals surface area (Å²) < 4.78 is 39.5. The maximum Gasteiger partial charge on any atom is 0.275 e. The van der Waals surface area contributed by atoms with E-state index in [1.165, 1.54) is 23.6 Å². The average molecular weight is 553 g/mol. The Morgan fingerprint density at radius 2 is 1.57 bits per heavy atom. The van der Waals surface area contributed by atoms with Crippen molar-refractivity contribution in [1.29, 1.82) is 0 Å². The number of ether oxygens (including phenoxy) is 1. The summed E-state index contributed by atoms with van der Waals surface area (Å²) in [7, 11) is 0. The molecule has 1 fully saturated rings. The Morgan fingerprint density at radius 1 is 0.900 bits per heavy atom. The number of nitrogens with zero attached hydrogens (tertiary/aromatic N) is 3. The van der Waals surface area contributed by atoms with Gasteiger partial charge in [-0.3, -0.25) is 14.4 Å². The van der Waals surface area contributed by atoms with Crippen molar-refractivity contribution in [2.45, 2.75) is 25.7 Å². The fourth-order valence-electron chi connectivity index (χ4n) is 5.31. The summed E-state index contributed by atoms with van der Waals surface area (Å²) in [5.74, 6) is -2.60. The molecular weight excluding hydrogens is 522 g/mol. The number of rotatable bonds is 2. The van der Waals surface area contributed by atoms with Crippen molar-refractivity contribution in [1.82, 2.24) is 20.1 Å². The Kier molecular flexibility index (Phi) is 8.09. The van der Waals surface area contributed by atoms with Crippen LogP contribution in [0, 0.1) is 17.0 Å². The van der Waals surface area contributed by atoms with Crippen molar-refractivity contribution in [3.63, 3.8) is 0 Å². The molecule has 0 radical (unpaired) electrons. The fourth-order valence-corrected chi connectivity index (χ4v) is 5.31. The number of amides is 3. The predicted molar refractivity (Wildman–Crippen MR) is 140 cm³/mol. The van der Waals surface area contributed by atoms with Gasteiger partial charge in [0.15, 0.2) is 12.1 Å². The number of benzene rings is 2. The number of hydrogen-bond acceptors (Lipinski definition) is 6. The van der Waals surface area contributed by atoms with Crippen molar-refractivity contribution in [2.24, 2.45) is 5.41 Å². The van der Waals surface area contributed by atoms with Crippen molar-refractivity contribution in [2.75, 3.05) is 39.3 Å². The molecule has 0 saturated carbocycles. The summed E-state index contributed by atoms with van der Waals surface area (Å²) >= 11 is 0. The molecule has 5 rings (SSSR count). The van der Waals surface area contributed by atoms with E-state index in [0.717, 1.165) is 12.1 Å². The van der Waals surface area contributed by atoms with Crippen molar-refractivity contribution in [3.8, 4) is 5.75 Å². The molecule has 0 aliphatic carbocycles. The van der Waals surface area contributed by atoms with Gasteiger partial charge in [0.1, 0.15) is 29.2 Å². The Hall–Kier alpha value is -4.28. The molecule has 1 spiro atoms. The first-order chi connectivity index (χ1) is 19.4. The Bertz CT molecular complexity index is 1350. The Labute approximate surface area is 230 Å². The van der Waals surface area contributed by atoms with Crippen LogP contribution in [-0.2, 0) is 0 Å². The highest BCUT2D eigenvalue weighted by atomic mass is 19.1. The van der Waals surface area contributed by atoms with E-state index in [1.54, 1.807) is 29.2 Å². The maximum atomic E-state index is 14.3. The number of oxazole rings is 1. The number of hydrogen-bond donors (Lipinski definition) is 1. The highest BCUT2D eigenvalue weighted by Gasteiger charge is 2.38. The zero-order chi connectivity index (χ0) is 28.1. The average Bonchev–Trinajstić information content (AvgIpc) is 3.51. The van der Waals surface area contributed by atoms with Gasteiger partial charge in [0.05, 0.1) is 12.2 Å². The van der Waals surface area contributed by atoms with Crippen LogP contribution < -0.4 is 10.1 Å². The number of piperidine rings is 1. The third-order valence-electron chi connectivity index (χ3n) is 7.72. The standard InChI is InChI=1S/C29H30F2N4O5/c30-21-6-3-7-22(31)25(21)28(38)35-14-10-29(11-15-35)9-13-34(27(37)23-17-39-19-33-23)12-4-16-40-24-8-2-1-5-20(24)26(36)32-18-29/h1-3,5-8,17,19H,4,9-16,18H2,(H,32,36). The lowest BCUT2D eigenvalue weighted by Crippen LogP contribution is -2.49. The minimum atomic E-state index is -0.900. The second kappa shape index (κ2) is 11.8. The van der Waals surface area contributed by atoms with Crippen LogP contribution in [0.3, 0.4) is 0 Å². The SMILES string of the molecule is O=C1NCC2(CCN(C(=O)c3cocn3)CCCOc3ccccc31)CCN(C(=O)c1c(F)cccc1F)CC2. The molecule has 1 aromatic heterocycles. The van der Waals surface area contributed by atoms with Gasteiger partial charge in [-0.1, -0.05) is 18.2 Å². The summed E-state index contributed by atoms with van der Waals surface area (Å²) in [4.78, 5) is 46.5. The number of carbonyl (C=O) groups excluding carboxylic acids is 3. The van der Waals surface area contributed by atoms with E-state index >= 15 is 0 Å². The predicted octanol–water partition coefficient (Wildman–Crippen LogP) is 3.92. The molecular formula is C29H30F2N4O5. The van der Waals surface area contributed by atoms with Gasteiger partial charge in [0, 0.05) is 32.7 Å². The van der Waals surface area contributed by atoms with Gasteiger partial charge in [-0.25, -0.2) is 13.8 Å². The first-order valence-corrected chi connectivity index (χ1v) is 13.3. The quantitative estimate of drug-likeness (QED) is 0.517. The van der Waals surface area contributed by atoms with Crippen molar-refractivity contribution >= 4 is 17.7 Å². The van der Waals surface area contributed by atoms with E-state index in [0.29, 0.717) is 63.2 Å². The van der Waals surface area contributed by atoms with Gasteiger partial charge in [0.25, 0.3) is 17.7 Å². The molecule has 11 heteroatoms. The van der Waals surface area contributed by atoms with E-state index in [2.05, 4.69) is 10.3 Å². The van der Waals surface area contributed by atoms with Gasteiger partial charge < -0.3 is 24.3 Å². The molecule has 2 aliphatic heterocycles. The number of likely N-dealkylation sites (tertiary alicyclic amines) is 1. The normalized spacial score (nSPS) is 18.0. The smallest absolute Gasteiger partial charge is 0.275 e. The number of nitrogens with one attached hydrogen (secondary N) is 1. The summed E-state index contributed by atoms with van der Waals surface area (Å²) in [6, 6.07) is 10.3. The third-order valence-corrected chi connectivity index (χ3v) is 7.72. The second-order valence-electron chi connectivity index (χ2n) is 10.2. The number of fused-ring (bicyclic) bond motifs is 1. The van der Waals surface area contributed by atoms with Gasteiger partial charge in [0.2, 0.25) is 0 Å². The molecule has 1 N–H and O–H groups in total. The Balaban J connectivity index is 1.37. The van der Waals surface area contributed by atoms with Crippen LogP contribution in [0.2, 0.25) is 0 Å². The molecule has 2 aromatic carbocycles. The van der Waals surface area contributed by atoms with E-state index in [9.17, 15) is 23.2 Å². The Morgan fingerprint density at radius 3 is 2.25 bits per heavy atom. The molecule has 0 atom stereocenters. The monoisotopic (exact) mass is 552 g/mol. The van der Waals surface area contributed by atoms with Crippen LogP contribution in [0.5, 0.6) is 5.75 Å². The first kappa shape index (κ1) is 27.3. The lowest BCUT2D eigenvalue weighted by atomic mass is 9.75. The lowest BCUT2D eigenvalue weighted by Gasteiger charge is -2.43. The number of aromatic nitrogens is 1. The van der Waals surface area contributed by atoms with Crippen molar-refractivity contribution in [3.05, 3.63) is 83.6 Å². The summed E-state index contributed by atoms with van der Waals surface area (Å²) in [5, 5.41) is 3.03. The highest BCUT2D eigenvalue weighted by Crippen LogP contribution is 2.36. The van der Waals surface area contributed by atoms with Crippen LogP contribution in [0.25, 0.3) is 0 Å². The van der Waals surface area contributed by atoms with Crippen LogP contribution in [-0.4, -0.2) is 71.8 Å². The molecule has 3 aromatic rings. The van der Waals surface area contributed by atoms with E-state index in [4.69, 9.17) is 9.15 Å². The number of halogens is 2. The molecule has 0 unspecified atom stereocenters. The molecule has 0 bridgehead atoms. The summed E-state index contributed by atoms with van der Waals surface area (Å²) in [5.41, 5.74) is -0.421. The van der Waals surface area contributed by atoms with E-state index in [-0.39, 0.29) is 30.6 Å². The number of carbonyl (C=O) groups is 3. The highest BCUT2D eigenvalue weighted by molar-refractivity contribution is 5.97. The topological polar surface area (TPSA) is 105 Å². The molecule has 1 saturated heterocycles. The molecule has 2 aliphatic rings. The molecule has 3 heterocycles. The van der Waals surface area contributed by atoms with Crippen LogP contribution >= 0.6 is 0 Å². The first-order valence-electron chi connectivity index (χ1n) is 13.3. The van der Waals surface area contributed by atoms with E-state index < -0.39 is 28.5 Å². The van der Waals surface area contributed by atoms with E-state index in [1.807, 2.05) is 0 Å². The minimum absolute atomic E-state index is 0.199. The zero-order valence-corrected chi connectivity index (χ0v) is 21.9. The second-order valence-corrected chi connectivity index (χ2v) is 10.2. The van der Waals surface area contributed by atoms with Gasteiger partial charge in [-0.15, -0.1) is 0 Å². The fraction of sp³-hybridized carbons (Fsp3) is 0.379. The molecule has 210 valence electrons. The number of para-hydroxylation sites is 1. The summed E-state index contributed by atoms with van der Waals surface area (Å²) in [6.45, 7) is 1.88. The largest absolute Gasteiger partial charge is 0.493 e. The van der Waals surface area contributed by atoms with Crippen LogP contribution in [0.4, 0.5) is 8.78 Å². The maximum absolute atomic E-state index is 14.3. The van der Waals surface area contributed by atoms with Crippen LogP contribution in [0.1, 0.15) is 56.9 Å². The van der Waals surface area contributed by atoms with Gasteiger partial charge >= 0.3 is 0 Å². The molecule has 40 heavy (non-hydrogen) atoms. The van der Waals surface area contributed by atoms with Gasteiger partial charge in [-0.2, -0.15) is 0 Å². The van der Waals surface area contributed by atoms with Crippen molar-refractivity contribution < 1.29 is 32.3 Å². The zero-order valence-electron chi connectivity index (χ0n) is 21.9. The summed E-state index contributed by atoms with van der Waals surface area (Å²) in [6.07, 6.45) is 4.52. The van der Waals surface area contributed by atoms with Gasteiger partial charge in [-0.05, 0) is 55.4 Å². The lowest BCUT2D eigenvalue weighted by molar-refractivity contribution is 0.0485.